The lowest BCUT2D eigenvalue weighted by Crippen LogP contribution is -2.24. The van der Waals surface area contributed by atoms with Crippen molar-refractivity contribution < 1.29 is 27.0 Å². The van der Waals surface area contributed by atoms with E-state index in [4.69, 9.17) is 9.47 Å². The van der Waals surface area contributed by atoms with Gasteiger partial charge in [-0.1, -0.05) is 6.07 Å². The summed E-state index contributed by atoms with van der Waals surface area (Å²) in [7, 11) is 1.54. The molecule has 1 aliphatic heterocycles. The molecular weight excluding hydrogens is 404 g/mol. The monoisotopic (exact) mass is 424 g/mol. The third kappa shape index (κ3) is 4.54. The Morgan fingerprint density at radius 3 is 2.73 bits per heavy atom. The van der Waals surface area contributed by atoms with Crippen LogP contribution in [0.1, 0.15) is 17.0 Å². The summed E-state index contributed by atoms with van der Waals surface area (Å²) in [6.45, 7) is 1.14. The zero-order valence-electron chi connectivity index (χ0n) is 16.1. The van der Waals surface area contributed by atoms with Gasteiger partial charge in [-0.25, -0.2) is 14.4 Å². The Bertz CT molecular complexity index is 1010. The van der Waals surface area contributed by atoms with Crippen LogP contribution in [0.5, 0.6) is 5.88 Å². The van der Waals surface area contributed by atoms with Crippen LogP contribution in [0.2, 0.25) is 0 Å². The van der Waals surface area contributed by atoms with Gasteiger partial charge in [-0.05, 0) is 23.8 Å². The lowest BCUT2D eigenvalue weighted by atomic mass is 10.2. The molecule has 2 aromatic heterocycles. The summed E-state index contributed by atoms with van der Waals surface area (Å²) in [4.78, 5) is 13.1. The first-order valence-corrected chi connectivity index (χ1v) is 9.34. The second kappa shape index (κ2) is 8.19. The van der Waals surface area contributed by atoms with E-state index in [1.807, 2.05) is 11.0 Å². The van der Waals surface area contributed by atoms with Crippen molar-refractivity contribution in [3.63, 3.8) is 0 Å². The predicted octanol–water partition coefficient (Wildman–Crippen LogP) is 3.72. The number of alkyl halides is 4. The van der Waals surface area contributed by atoms with Gasteiger partial charge in [-0.15, -0.1) is 0 Å². The van der Waals surface area contributed by atoms with Gasteiger partial charge in [0.2, 0.25) is 5.88 Å². The number of nitrogens with one attached hydrogen (secondary N) is 1. The van der Waals surface area contributed by atoms with Crippen molar-refractivity contribution in [3.05, 3.63) is 53.5 Å². The number of aromatic nitrogens is 3. The van der Waals surface area contributed by atoms with E-state index in [1.54, 1.807) is 12.3 Å². The van der Waals surface area contributed by atoms with Crippen LogP contribution in [0.4, 0.5) is 17.6 Å². The van der Waals surface area contributed by atoms with Crippen molar-refractivity contribution in [2.24, 2.45) is 0 Å². The van der Waals surface area contributed by atoms with Crippen molar-refractivity contribution in [2.45, 2.75) is 31.6 Å². The summed E-state index contributed by atoms with van der Waals surface area (Å²) < 4.78 is 63.6. The Balaban J connectivity index is 1.35. The van der Waals surface area contributed by atoms with E-state index in [0.717, 1.165) is 17.7 Å². The van der Waals surface area contributed by atoms with Crippen LogP contribution in [0.15, 0.2) is 36.5 Å². The lowest BCUT2D eigenvalue weighted by Gasteiger charge is -2.15. The van der Waals surface area contributed by atoms with Gasteiger partial charge < -0.3 is 14.5 Å². The number of nitrogens with zero attached hydrogens (tertiary/aromatic N) is 3. The molecule has 1 N–H and O–H groups in total. The fourth-order valence-electron chi connectivity index (χ4n) is 3.47. The fourth-order valence-corrected chi connectivity index (χ4v) is 3.47. The highest BCUT2D eigenvalue weighted by molar-refractivity contribution is 5.76. The zero-order valence-corrected chi connectivity index (χ0v) is 16.1. The van der Waals surface area contributed by atoms with Gasteiger partial charge in [-0.2, -0.15) is 13.2 Å². The second-order valence-electron chi connectivity index (χ2n) is 7.18. The molecule has 1 fully saturated rings. The van der Waals surface area contributed by atoms with E-state index in [9.17, 15) is 17.6 Å². The van der Waals surface area contributed by atoms with Crippen LogP contribution >= 0.6 is 0 Å². The standard InChI is InChI=1S/C20H20F4N4O2/c1-29-19-5-2-12(7-25-19)8-28-9-14(21)17(10-28)30-11-18-26-15-4-3-13(20(22,23)24)6-16(15)27-18/h2-7,14,17H,8-11H2,1H3,(H,26,27). The third-order valence-corrected chi connectivity index (χ3v) is 4.98. The molecular formula is C20H20F4N4O2. The van der Waals surface area contributed by atoms with Crippen LogP contribution in [0.25, 0.3) is 11.0 Å². The summed E-state index contributed by atoms with van der Waals surface area (Å²) in [6.07, 6.45) is -4.55. The van der Waals surface area contributed by atoms with Crippen molar-refractivity contribution in [3.8, 4) is 5.88 Å². The van der Waals surface area contributed by atoms with Gasteiger partial charge in [-0.3, -0.25) is 4.90 Å². The molecule has 0 amide bonds. The second-order valence-corrected chi connectivity index (χ2v) is 7.18. The number of methoxy groups -OCH3 is 1. The van der Waals surface area contributed by atoms with Crippen LogP contribution in [-0.4, -0.2) is 52.3 Å². The number of aromatic amines is 1. The van der Waals surface area contributed by atoms with Gasteiger partial charge in [0.1, 0.15) is 24.7 Å². The average molecular weight is 424 g/mol. The molecule has 3 heterocycles. The van der Waals surface area contributed by atoms with Gasteiger partial charge in [0, 0.05) is 31.9 Å². The van der Waals surface area contributed by atoms with E-state index in [1.165, 1.54) is 13.2 Å². The molecule has 0 radical (unpaired) electrons. The van der Waals surface area contributed by atoms with Crippen molar-refractivity contribution in [2.75, 3.05) is 20.2 Å². The third-order valence-electron chi connectivity index (χ3n) is 4.98. The van der Waals surface area contributed by atoms with Crippen molar-refractivity contribution in [1.82, 2.24) is 19.9 Å². The Kier molecular flexibility index (Phi) is 5.61. The fraction of sp³-hybridized carbons (Fsp3) is 0.400. The highest BCUT2D eigenvalue weighted by atomic mass is 19.4. The molecule has 6 nitrogen and oxygen atoms in total. The number of rotatable bonds is 6. The maximum absolute atomic E-state index is 14.4. The molecule has 30 heavy (non-hydrogen) atoms. The number of pyridine rings is 1. The van der Waals surface area contributed by atoms with Gasteiger partial charge in [0.25, 0.3) is 0 Å². The molecule has 1 aliphatic rings. The molecule has 1 saturated heterocycles. The molecule has 1 aromatic carbocycles. The summed E-state index contributed by atoms with van der Waals surface area (Å²) in [5, 5.41) is 0. The Morgan fingerprint density at radius 2 is 2.03 bits per heavy atom. The number of hydrogen-bond donors (Lipinski definition) is 1. The first-order valence-electron chi connectivity index (χ1n) is 9.34. The van der Waals surface area contributed by atoms with Gasteiger partial charge >= 0.3 is 6.18 Å². The normalized spacial score (nSPS) is 20.2. The molecule has 0 saturated carbocycles. The number of likely N-dealkylation sites (tertiary alicyclic amines) is 1. The maximum atomic E-state index is 14.4. The Hall–Kier alpha value is -2.72. The molecule has 0 spiro atoms. The first-order chi connectivity index (χ1) is 14.3. The summed E-state index contributed by atoms with van der Waals surface area (Å²) in [5.74, 6) is 0.868. The molecule has 3 aromatic rings. The topological polar surface area (TPSA) is 63.3 Å². The Labute approximate surface area is 169 Å². The van der Waals surface area contributed by atoms with E-state index >= 15 is 0 Å². The quantitative estimate of drug-likeness (QED) is 0.611. The van der Waals surface area contributed by atoms with E-state index in [2.05, 4.69) is 15.0 Å². The first kappa shape index (κ1) is 20.5. The largest absolute Gasteiger partial charge is 0.481 e. The van der Waals surface area contributed by atoms with Crippen molar-refractivity contribution in [1.29, 1.82) is 0 Å². The number of ether oxygens (including phenoxy) is 2. The number of benzene rings is 1. The summed E-state index contributed by atoms with van der Waals surface area (Å²) in [5.41, 5.74) is 0.842. The number of halogens is 4. The average Bonchev–Trinajstić information content (AvgIpc) is 3.28. The van der Waals surface area contributed by atoms with Crippen LogP contribution in [-0.2, 0) is 24.1 Å². The molecule has 0 bridgehead atoms. The molecule has 10 heteroatoms. The zero-order chi connectivity index (χ0) is 21.3. The maximum Gasteiger partial charge on any atom is 0.416 e. The minimum Gasteiger partial charge on any atom is -0.481 e. The van der Waals surface area contributed by atoms with Crippen LogP contribution < -0.4 is 4.74 Å². The van der Waals surface area contributed by atoms with Crippen LogP contribution in [0, 0.1) is 0 Å². The highest BCUT2D eigenvalue weighted by Gasteiger charge is 2.34. The molecule has 0 aliphatic carbocycles. The van der Waals surface area contributed by atoms with Crippen molar-refractivity contribution >= 4 is 11.0 Å². The molecule has 4 rings (SSSR count). The number of fused-ring (bicyclic) bond motifs is 1. The minimum atomic E-state index is -4.43. The number of imidazole rings is 1. The number of H-pyrrole nitrogens is 1. The SMILES string of the molecule is COc1ccc(CN2CC(F)C(OCc3nc4ccc(C(F)(F)F)cc4[nH]3)C2)cn1. The molecule has 160 valence electrons. The van der Waals surface area contributed by atoms with Gasteiger partial charge in [0.05, 0.1) is 23.7 Å². The summed E-state index contributed by atoms with van der Waals surface area (Å²) in [6, 6.07) is 6.91. The lowest BCUT2D eigenvalue weighted by molar-refractivity contribution is -0.137. The van der Waals surface area contributed by atoms with Gasteiger partial charge in [0.15, 0.2) is 0 Å². The summed E-state index contributed by atoms with van der Waals surface area (Å²) >= 11 is 0. The van der Waals surface area contributed by atoms with E-state index in [0.29, 0.717) is 30.3 Å². The smallest absolute Gasteiger partial charge is 0.416 e. The van der Waals surface area contributed by atoms with E-state index in [-0.39, 0.29) is 18.7 Å². The Morgan fingerprint density at radius 1 is 1.20 bits per heavy atom. The highest BCUT2D eigenvalue weighted by Crippen LogP contribution is 2.31. The number of hydrogen-bond acceptors (Lipinski definition) is 5. The predicted molar refractivity (Wildman–Crippen MR) is 101 cm³/mol. The molecule has 2 atom stereocenters. The van der Waals surface area contributed by atoms with Crippen LogP contribution in [0.3, 0.4) is 0 Å². The molecule has 2 unspecified atom stereocenters. The van der Waals surface area contributed by atoms with E-state index < -0.39 is 24.0 Å². The minimum absolute atomic E-state index is 0.0148.